The van der Waals surface area contributed by atoms with Gasteiger partial charge in [-0.25, -0.2) is 0 Å². The second-order valence-corrected chi connectivity index (χ2v) is 5.97. The summed E-state index contributed by atoms with van der Waals surface area (Å²) in [7, 11) is 4.40. The minimum absolute atomic E-state index is 0.711. The summed E-state index contributed by atoms with van der Waals surface area (Å²) in [6.07, 6.45) is 5.38. The van der Waals surface area contributed by atoms with Gasteiger partial charge in [-0.2, -0.15) is 0 Å². The molecule has 0 bridgehead atoms. The lowest BCUT2D eigenvalue weighted by Crippen LogP contribution is -2.41. The molecule has 2 unspecified atom stereocenters. The second-order valence-electron chi connectivity index (χ2n) is 4.94. The molecule has 0 amide bonds. The molecule has 1 fully saturated rings. The maximum absolute atomic E-state index is 3.69. The summed E-state index contributed by atoms with van der Waals surface area (Å²) in [5, 5.41) is 5.85. The van der Waals surface area contributed by atoms with E-state index in [0.29, 0.717) is 6.04 Å². The number of rotatable bonds is 4. The molecule has 0 radical (unpaired) electrons. The van der Waals surface area contributed by atoms with Gasteiger partial charge in [0.05, 0.1) is 0 Å². The van der Waals surface area contributed by atoms with E-state index in [0.717, 1.165) is 12.6 Å². The van der Waals surface area contributed by atoms with Crippen molar-refractivity contribution in [2.24, 2.45) is 0 Å². The zero-order valence-corrected chi connectivity index (χ0v) is 11.1. The molecule has 1 aliphatic carbocycles. The lowest BCUT2D eigenvalue weighted by atomic mass is 9.90. The van der Waals surface area contributed by atoms with Gasteiger partial charge in [0.15, 0.2) is 0 Å². The number of nitrogens with one attached hydrogen (secondary N) is 1. The summed E-state index contributed by atoms with van der Waals surface area (Å²) >= 11 is 1.85. The second kappa shape index (κ2) is 5.80. The Morgan fingerprint density at radius 1 is 1.44 bits per heavy atom. The van der Waals surface area contributed by atoms with Crippen molar-refractivity contribution in [1.29, 1.82) is 0 Å². The van der Waals surface area contributed by atoms with Crippen LogP contribution in [0, 0.1) is 0 Å². The van der Waals surface area contributed by atoms with Gasteiger partial charge in [-0.05, 0) is 44.8 Å². The highest BCUT2D eigenvalue weighted by molar-refractivity contribution is 7.09. The van der Waals surface area contributed by atoms with Crippen molar-refractivity contribution in [2.75, 3.05) is 14.1 Å². The molecule has 2 nitrogen and oxygen atoms in total. The van der Waals surface area contributed by atoms with E-state index < -0.39 is 0 Å². The van der Waals surface area contributed by atoms with Crippen LogP contribution in [0.2, 0.25) is 0 Å². The van der Waals surface area contributed by atoms with Gasteiger partial charge in [0.1, 0.15) is 0 Å². The molecule has 3 heteroatoms. The van der Waals surface area contributed by atoms with E-state index in [4.69, 9.17) is 0 Å². The van der Waals surface area contributed by atoms with Gasteiger partial charge in [0, 0.05) is 23.5 Å². The van der Waals surface area contributed by atoms with Gasteiger partial charge in [-0.1, -0.05) is 12.5 Å². The molecule has 0 spiro atoms. The summed E-state index contributed by atoms with van der Waals surface area (Å²) in [6.45, 7) is 1.04. The molecule has 90 valence electrons. The third-order valence-corrected chi connectivity index (χ3v) is 4.40. The average molecular weight is 238 g/mol. The standard InChI is InChI=1S/C13H22N2S/c1-15(2)12-6-3-5-11(9-12)14-10-13-7-4-8-16-13/h4,7-8,11-12,14H,3,5-6,9-10H2,1-2H3. The molecule has 1 saturated carbocycles. The fraction of sp³-hybridized carbons (Fsp3) is 0.692. The molecule has 0 saturated heterocycles. The van der Waals surface area contributed by atoms with E-state index in [1.54, 1.807) is 0 Å². The van der Waals surface area contributed by atoms with Crippen LogP contribution >= 0.6 is 11.3 Å². The molecular formula is C13H22N2S. The van der Waals surface area contributed by atoms with Crippen LogP contribution in [0.5, 0.6) is 0 Å². The van der Waals surface area contributed by atoms with Gasteiger partial charge < -0.3 is 10.2 Å². The van der Waals surface area contributed by atoms with Gasteiger partial charge in [-0.15, -0.1) is 11.3 Å². The van der Waals surface area contributed by atoms with Crippen LogP contribution in [0.15, 0.2) is 17.5 Å². The van der Waals surface area contributed by atoms with E-state index in [2.05, 4.69) is 41.8 Å². The van der Waals surface area contributed by atoms with Gasteiger partial charge in [-0.3, -0.25) is 0 Å². The highest BCUT2D eigenvalue weighted by atomic mass is 32.1. The summed E-state index contributed by atoms with van der Waals surface area (Å²) < 4.78 is 0. The number of thiophene rings is 1. The van der Waals surface area contributed by atoms with Crippen LogP contribution in [0.4, 0.5) is 0 Å². The van der Waals surface area contributed by atoms with Crippen molar-refractivity contribution in [3.8, 4) is 0 Å². The molecule has 16 heavy (non-hydrogen) atoms. The highest BCUT2D eigenvalue weighted by Gasteiger charge is 2.22. The number of hydrogen-bond acceptors (Lipinski definition) is 3. The third-order valence-electron chi connectivity index (χ3n) is 3.52. The van der Waals surface area contributed by atoms with Gasteiger partial charge in [0.2, 0.25) is 0 Å². The number of nitrogens with zero attached hydrogens (tertiary/aromatic N) is 1. The summed E-state index contributed by atoms with van der Waals surface area (Å²) in [5.74, 6) is 0. The summed E-state index contributed by atoms with van der Waals surface area (Å²) in [4.78, 5) is 3.82. The number of hydrogen-bond donors (Lipinski definition) is 1. The quantitative estimate of drug-likeness (QED) is 0.867. The first kappa shape index (κ1) is 12.1. The van der Waals surface area contributed by atoms with E-state index in [1.165, 1.54) is 30.6 Å². The fourth-order valence-corrected chi connectivity index (χ4v) is 3.13. The Morgan fingerprint density at radius 2 is 2.31 bits per heavy atom. The first-order valence-corrected chi connectivity index (χ1v) is 7.06. The van der Waals surface area contributed by atoms with Crippen LogP contribution in [-0.4, -0.2) is 31.1 Å². The van der Waals surface area contributed by atoms with Crippen LogP contribution in [-0.2, 0) is 6.54 Å². The van der Waals surface area contributed by atoms with Crippen LogP contribution in [0.3, 0.4) is 0 Å². The zero-order chi connectivity index (χ0) is 11.4. The topological polar surface area (TPSA) is 15.3 Å². The molecule has 1 aromatic rings. The molecule has 1 aliphatic rings. The van der Waals surface area contributed by atoms with E-state index >= 15 is 0 Å². The van der Waals surface area contributed by atoms with E-state index in [-0.39, 0.29) is 0 Å². The lowest BCUT2D eigenvalue weighted by molar-refractivity contribution is 0.198. The Morgan fingerprint density at radius 3 is 3.00 bits per heavy atom. The molecule has 1 heterocycles. The Bertz CT molecular complexity index is 295. The first-order chi connectivity index (χ1) is 7.75. The first-order valence-electron chi connectivity index (χ1n) is 6.18. The Labute approximate surface area is 103 Å². The van der Waals surface area contributed by atoms with Crippen LogP contribution in [0.1, 0.15) is 30.6 Å². The zero-order valence-electron chi connectivity index (χ0n) is 10.3. The summed E-state index contributed by atoms with van der Waals surface area (Å²) in [6, 6.07) is 5.83. The van der Waals surface area contributed by atoms with Crippen LogP contribution in [0.25, 0.3) is 0 Å². The smallest absolute Gasteiger partial charge is 0.0302 e. The summed E-state index contributed by atoms with van der Waals surface area (Å²) in [5.41, 5.74) is 0. The predicted octanol–water partition coefficient (Wildman–Crippen LogP) is 2.71. The predicted molar refractivity (Wildman–Crippen MR) is 70.9 cm³/mol. The molecular weight excluding hydrogens is 216 g/mol. The van der Waals surface area contributed by atoms with Gasteiger partial charge in [0.25, 0.3) is 0 Å². The van der Waals surface area contributed by atoms with Crippen LogP contribution < -0.4 is 5.32 Å². The largest absolute Gasteiger partial charge is 0.309 e. The highest BCUT2D eigenvalue weighted by Crippen LogP contribution is 2.22. The molecule has 1 N–H and O–H groups in total. The molecule has 2 rings (SSSR count). The molecule has 0 aromatic carbocycles. The lowest BCUT2D eigenvalue weighted by Gasteiger charge is -2.33. The molecule has 0 aliphatic heterocycles. The minimum atomic E-state index is 0.711. The SMILES string of the molecule is CN(C)C1CCCC(NCc2cccs2)C1. The van der Waals surface area contributed by atoms with Crippen molar-refractivity contribution >= 4 is 11.3 Å². The molecule has 1 aromatic heterocycles. The maximum Gasteiger partial charge on any atom is 0.0302 e. The van der Waals surface area contributed by atoms with Crippen molar-refractivity contribution in [1.82, 2.24) is 10.2 Å². The van der Waals surface area contributed by atoms with E-state index in [9.17, 15) is 0 Å². The average Bonchev–Trinajstić information content (AvgIpc) is 2.79. The van der Waals surface area contributed by atoms with E-state index in [1.807, 2.05) is 11.3 Å². The fourth-order valence-electron chi connectivity index (χ4n) is 2.48. The van der Waals surface area contributed by atoms with Gasteiger partial charge >= 0.3 is 0 Å². The van der Waals surface area contributed by atoms with Crippen molar-refractivity contribution < 1.29 is 0 Å². The third kappa shape index (κ3) is 3.30. The minimum Gasteiger partial charge on any atom is -0.309 e. The normalized spacial score (nSPS) is 26.2. The van der Waals surface area contributed by atoms with Crippen molar-refractivity contribution in [3.63, 3.8) is 0 Å². The maximum atomic E-state index is 3.69. The Balaban J connectivity index is 1.77. The molecule has 2 atom stereocenters. The Hall–Kier alpha value is -0.380. The van der Waals surface area contributed by atoms with Crippen molar-refractivity contribution in [2.45, 2.75) is 44.3 Å². The Kier molecular flexibility index (Phi) is 4.38. The monoisotopic (exact) mass is 238 g/mol. The van der Waals surface area contributed by atoms with Crippen molar-refractivity contribution in [3.05, 3.63) is 22.4 Å².